The topological polar surface area (TPSA) is 37.2 Å². The Balaban J connectivity index is 2.85. The number of amidine groups is 1. The van der Waals surface area contributed by atoms with Gasteiger partial charge in [-0.15, -0.1) is 0 Å². The minimum absolute atomic E-state index is 0.754. The van der Waals surface area contributed by atoms with Crippen LogP contribution < -0.4 is 4.74 Å². The molecule has 0 saturated carbocycles. The number of ether oxygens (including phenoxy) is 1. The SMILES string of the molecule is CCN(C)CC(C)=NC(=NC)c1ccc(OC)cc1. The number of hydrogen-bond acceptors (Lipinski definition) is 3. The van der Waals surface area contributed by atoms with Crippen molar-refractivity contribution in [3.8, 4) is 5.75 Å². The van der Waals surface area contributed by atoms with Crippen molar-refractivity contribution >= 4 is 11.5 Å². The molecule has 0 aliphatic carbocycles. The van der Waals surface area contributed by atoms with Crippen LogP contribution in [0, 0.1) is 0 Å². The highest BCUT2D eigenvalue weighted by atomic mass is 16.5. The van der Waals surface area contributed by atoms with Gasteiger partial charge in [-0.2, -0.15) is 0 Å². The lowest BCUT2D eigenvalue weighted by Gasteiger charge is -2.13. The van der Waals surface area contributed by atoms with Gasteiger partial charge in [0.25, 0.3) is 0 Å². The highest BCUT2D eigenvalue weighted by Crippen LogP contribution is 2.12. The average Bonchev–Trinajstić information content (AvgIpc) is 2.44. The Morgan fingerprint density at radius 3 is 2.37 bits per heavy atom. The molecule has 1 rings (SSSR count). The molecule has 1 aromatic carbocycles. The number of nitrogens with zero attached hydrogens (tertiary/aromatic N) is 3. The zero-order valence-electron chi connectivity index (χ0n) is 12.5. The molecule has 0 aromatic heterocycles. The van der Waals surface area contributed by atoms with Crippen LogP contribution in [0.4, 0.5) is 0 Å². The minimum atomic E-state index is 0.754. The van der Waals surface area contributed by atoms with Crippen molar-refractivity contribution in [3.05, 3.63) is 29.8 Å². The van der Waals surface area contributed by atoms with Crippen LogP contribution in [-0.2, 0) is 0 Å². The van der Waals surface area contributed by atoms with Crippen LogP contribution >= 0.6 is 0 Å². The Hall–Kier alpha value is -1.68. The molecule has 0 aliphatic rings. The Morgan fingerprint density at radius 1 is 1.26 bits per heavy atom. The summed E-state index contributed by atoms with van der Waals surface area (Å²) < 4.78 is 5.15. The highest BCUT2D eigenvalue weighted by molar-refractivity contribution is 6.06. The first kappa shape index (κ1) is 15.4. The van der Waals surface area contributed by atoms with Crippen molar-refractivity contribution < 1.29 is 4.74 Å². The third kappa shape index (κ3) is 4.83. The lowest BCUT2D eigenvalue weighted by atomic mass is 10.2. The van der Waals surface area contributed by atoms with E-state index in [1.54, 1.807) is 14.2 Å². The summed E-state index contributed by atoms with van der Waals surface area (Å²) in [5, 5.41) is 0. The van der Waals surface area contributed by atoms with E-state index in [2.05, 4.69) is 28.9 Å². The zero-order valence-corrected chi connectivity index (χ0v) is 12.5. The molecule has 0 spiro atoms. The summed E-state index contributed by atoms with van der Waals surface area (Å²) in [4.78, 5) is 11.1. The van der Waals surface area contributed by atoms with Gasteiger partial charge in [-0.3, -0.25) is 4.99 Å². The maximum atomic E-state index is 5.15. The highest BCUT2D eigenvalue weighted by Gasteiger charge is 2.04. The Labute approximate surface area is 115 Å². The van der Waals surface area contributed by atoms with Gasteiger partial charge >= 0.3 is 0 Å². The van der Waals surface area contributed by atoms with Gasteiger partial charge in [0.2, 0.25) is 0 Å². The summed E-state index contributed by atoms with van der Waals surface area (Å²) in [6.45, 7) is 6.02. The molecule has 104 valence electrons. The van der Waals surface area contributed by atoms with Crippen LogP contribution in [0.5, 0.6) is 5.75 Å². The van der Waals surface area contributed by atoms with Crippen LogP contribution in [0.2, 0.25) is 0 Å². The van der Waals surface area contributed by atoms with Gasteiger partial charge in [0.05, 0.1) is 7.11 Å². The monoisotopic (exact) mass is 261 g/mol. The van der Waals surface area contributed by atoms with Gasteiger partial charge < -0.3 is 9.64 Å². The molecule has 0 heterocycles. The van der Waals surface area contributed by atoms with E-state index in [-0.39, 0.29) is 0 Å². The first-order valence-electron chi connectivity index (χ1n) is 6.44. The minimum Gasteiger partial charge on any atom is -0.497 e. The lowest BCUT2D eigenvalue weighted by Crippen LogP contribution is -2.24. The first-order chi connectivity index (χ1) is 9.10. The number of rotatable bonds is 5. The summed E-state index contributed by atoms with van der Waals surface area (Å²) in [5.74, 6) is 1.59. The number of aliphatic imine (C=N–C) groups is 2. The smallest absolute Gasteiger partial charge is 0.154 e. The molecular formula is C15H23N3O. The fraction of sp³-hybridized carbons (Fsp3) is 0.467. The van der Waals surface area contributed by atoms with Gasteiger partial charge in [-0.1, -0.05) is 6.92 Å². The third-order valence-electron chi connectivity index (χ3n) is 2.90. The van der Waals surface area contributed by atoms with Gasteiger partial charge in [0.1, 0.15) is 5.75 Å². The van der Waals surface area contributed by atoms with Crippen molar-refractivity contribution in [2.45, 2.75) is 13.8 Å². The molecule has 0 amide bonds. The van der Waals surface area contributed by atoms with E-state index in [0.717, 1.165) is 35.9 Å². The molecule has 4 nitrogen and oxygen atoms in total. The molecule has 1 aromatic rings. The van der Waals surface area contributed by atoms with Crippen LogP contribution in [-0.4, -0.2) is 50.7 Å². The van der Waals surface area contributed by atoms with Gasteiger partial charge in [-0.25, -0.2) is 4.99 Å². The summed E-state index contributed by atoms with van der Waals surface area (Å²) in [6, 6.07) is 7.79. The molecule has 4 heteroatoms. The molecule has 0 radical (unpaired) electrons. The van der Waals surface area contributed by atoms with E-state index < -0.39 is 0 Å². The molecule has 0 N–H and O–H groups in total. The second kappa shape index (κ2) is 7.69. The van der Waals surface area contributed by atoms with Gasteiger partial charge in [-0.05, 0) is 44.8 Å². The molecule has 0 saturated heterocycles. The standard InChI is InChI=1S/C15H23N3O/c1-6-18(4)11-12(2)17-15(16-3)13-7-9-14(19-5)10-8-13/h7-10H,6,11H2,1-5H3. The first-order valence-corrected chi connectivity index (χ1v) is 6.44. The molecule has 0 unspecified atom stereocenters. The normalized spacial score (nSPS) is 12.9. The van der Waals surface area contributed by atoms with Gasteiger partial charge in [0.15, 0.2) is 5.84 Å². The summed E-state index contributed by atoms with van der Waals surface area (Å²) in [7, 11) is 5.50. The molecule has 0 bridgehead atoms. The second-order valence-corrected chi connectivity index (χ2v) is 4.45. The molecule has 0 fully saturated rings. The summed E-state index contributed by atoms with van der Waals surface area (Å²) >= 11 is 0. The van der Waals surface area contributed by atoms with Crippen LogP contribution in [0.15, 0.2) is 34.3 Å². The maximum Gasteiger partial charge on any atom is 0.154 e. The van der Waals surface area contributed by atoms with Crippen molar-refractivity contribution in [1.29, 1.82) is 0 Å². The molecule has 0 aliphatic heterocycles. The predicted octanol–water partition coefficient (Wildman–Crippen LogP) is 2.48. The zero-order chi connectivity index (χ0) is 14.3. The largest absolute Gasteiger partial charge is 0.497 e. The Kier molecular flexibility index (Phi) is 6.22. The Bertz CT molecular complexity index is 449. The van der Waals surface area contributed by atoms with E-state index in [1.807, 2.05) is 31.2 Å². The molecule has 19 heavy (non-hydrogen) atoms. The predicted molar refractivity (Wildman–Crippen MR) is 81.7 cm³/mol. The average molecular weight is 261 g/mol. The number of benzene rings is 1. The van der Waals surface area contributed by atoms with Crippen LogP contribution in [0.3, 0.4) is 0 Å². The quantitative estimate of drug-likeness (QED) is 0.603. The summed E-state index contributed by atoms with van der Waals surface area (Å²) in [6.07, 6.45) is 0. The van der Waals surface area contributed by atoms with Crippen molar-refractivity contribution in [2.75, 3.05) is 34.3 Å². The number of methoxy groups -OCH3 is 1. The van der Waals surface area contributed by atoms with E-state index in [4.69, 9.17) is 4.74 Å². The maximum absolute atomic E-state index is 5.15. The van der Waals surface area contributed by atoms with Crippen molar-refractivity contribution in [1.82, 2.24) is 4.90 Å². The fourth-order valence-electron chi connectivity index (χ4n) is 1.70. The summed E-state index contributed by atoms with van der Waals surface area (Å²) in [5.41, 5.74) is 2.06. The van der Waals surface area contributed by atoms with E-state index in [0.29, 0.717) is 0 Å². The Morgan fingerprint density at radius 2 is 1.89 bits per heavy atom. The van der Waals surface area contributed by atoms with Crippen LogP contribution in [0.1, 0.15) is 19.4 Å². The van der Waals surface area contributed by atoms with E-state index in [1.165, 1.54) is 0 Å². The van der Waals surface area contributed by atoms with E-state index >= 15 is 0 Å². The number of hydrogen-bond donors (Lipinski definition) is 0. The van der Waals surface area contributed by atoms with Gasteiger partial charge in [0, 0.05) is 24.9 Å². The van der Waals surface area contributed by atoms with Crippen molar-refractivity contribution in [2.24, 2.45) is 9.98 Å². The van der Waals surface area contributed by atoms with Crippen molar-refractivity contribution in [3.63, 3.8) is 0 Å². The lowest BCUT2D eigenvalue weighted by molar-refractivity contribution is 0.403. The third-order valence-corrected chi connectivity index (χ3v) is 2.90. The van der Waals surface area contributed by atoms with Crippen LogP contribution in [0.25, 0.3) is 0 Å². The fourth-order valence-corrected chi connectivity index (χ4v) is 1.70. The van der Waals surface area contributed by atoms with E-state index in [9.17, 15) is 0 Å². The molecular weight excluding hydrogens is 238 g/mol. The molecule has 0 atom stereocenters. The second-order valence-electron chi connectivity index (χ2n) is 4.45.